The Bertz CT molecular complexity index is 1200. The molecule has 1 amide bonds. The fourth-order valence-electron chi connectivity index (χ4n) is 3.81. The first kappa shape index (κ1) is 21.9. The molecule has 2 heterocycles. The molecule has 4 rings (SSSR count). The van der Waals surface area contributed by atoms with Gasteiger partial charge in [-0.15, -0.1) is 11.3 Å². The third-order valence-electron chi connectivity index (χ3n) is 5.64. The van der Waals surface area contributed by atoms with E-state index in [0.717, 1.165) is 36.3 Å². The van der Waals surface area contributed by atoms with Crippen LogP contribution in [0.5, 0.6) is 0 Å². The van der Waals surface area contributed by atoms with Crippen LogP contribution in [0.2, 0.25) is 0 Å². The second-order valence-electron chi connectivity index (χ2n) is 8.02. The van der Waals surface area contributed by atoms with Crippen molar-refractivity contribution in [1.29, 1.82) is 0 Å². The van der Waals surface area contributed by atoms with Crippen LogP contribution < -0.4 is 5.32 Å². The smallest absolute Gasteiger partial charge is 0.242 e. The Morgan fingerprint density at radius 3 is 2.74 bits per heavy atom. The number of thiazole rings is 1. The Labute approximate surface area is 186 Å². The topological polar surface area (TPSA) is 97.2 Å². The van der Waals surface area contributed by atoms with Gasteiger partial charge in [-0.25, -0.2) is 22.7 Å². The molecule has 2 aromatic heterocycles. The number of aromatic nitrogens is 3. The maximum Gasteiger partial charge on any atom is 0.242 e. The van der Waals surface area contributed by atoms with Crippen molar-refractivity contribution in [3.63, 3.8) is 0 Å². The lowest BCUT2D eigenvalue weighted by molar-refractivity contribution is -0.116. The van der Waals surface area contributed by atoms with Gasteiger partial charge in [0.2, 0.25) is 15.9 Å². The van der Waals surface area contributed by atoms with E-state index in [9.17, 15) is 13.2 Å². The van der Waals surface area contributed by atoms with Gasteiger partial charge < -0.3 is 9.88 Å². The summed E-state index contributed by atoms with van der Waals surface area (Å²) in [4.78, 5) is 23.2. The van der Waals surface area contributed by atoms with Crippen molar-refractivity contribution in [2.24, 2.45) is 7.05 Å². The van der Waals surface area contributed by atoms with Crippen molar-refractivity contribution in [3.8, 4) is 0 Å². The van der Waals surface area contributed by atoms with E-state index in [2.05, 4.69) is 15.3 Å². The number of fused-ring (bicyclic) bond motifs is 2. The minimum atomic E-state index is -3.52. The van der Waals surface area contributed by atoms with E-state index in [1.807, 2.05) is 11.6 Å². The molecule has 0 unspecified atom stereocenters. The maximum absolute atomic E-state index is 12.5. The van der Waals surface area contributed by atoms with Gasteiger partial charge in [0.1, 0.15) is 5.82 Å². The summed E-state index contributed by atoms with van der Waals surface area (Å²) in [6.45, 7) is 0. The van der Waals surface area contributed by atoms with Crippen molar-refractivity contribution in [2.45, 2.75) is 49.8 Å². The number of nitrogens with zero attached hydrogens (tertiary/aromatic N) is 4. The van der Waals surface area contributed by atoms with E-state index >= 15 is 0 Å². The highest BCUT2D eigenvalue weighted by Gasteiger charge is 2.20. The molecule has 0 atom stereocenters. The molecule has 3 aromatic rings. The van der Waals surface area contributed by atoms with E-state index in [-0.39, 0.29) is 17.2 Å². The number of nitrogens with one attached hydrogen (secondary N) is 1. The van der Waals surface area contributed by atoms with E-state index < -0.39 is 10.0 Å². The zero-order chi connectivity index (χ0) is 22.2. The number of anilines is 1. The lowest BCUT2D eigenvalue weighted by atomic mass is 10.2. The molecule has 0 aliphatic heterocycles. The summed E-state index contributed by atoms with van der Waals surface area (Å²) < 4.78 is 27.8. The Morgan fingerprint density at radius 1 is 1.19 bits per heavy atom. The normalized spacial score (nSPS) is 14.6. The van der Waals surface area contributed by atoms with Gasteiger partial charge in [0, 0.05) is 38.9 Å². The molecule has 0 fully saturated rings. The van der Waals surface area contributed by atoms with Gasteiger partial charge in [0.05, 0.1) is 21.6 Å². The minimum absolute atomic E-state index is 0.0909. The maximum atomic E-state index is 12.5. The summed E-state index contributed by atoms with van der Waals surface area (Å²) in [5, 5.41) is 3.61. The average Bonchev–Trinajstić information content (AvgIpc) is 3.17. The SMILES string of the molecule is CN(C)S(=O)(=O)c1ccc2c(c1)nc(CCC(=O)Nc1nc3c(s1)CCCCC3)n2C. The van der Waals surface area contributed by atoms with Crippen LogP contribution in [0.15, 0.2) is 23.1 Å². The van der Waals surface area contributed by atoms with Gasteiger partial charge >= 0.3 is 0 Å². The highest BCUT2D eigenvalue weighted by molar-refractivity contribution is 7.89. The summed E-state index contributed by atoms with van der Waals surface area (Å²) in [5.74, 6) is 0.645. The summed E-state index contributed by atoms with van der Waals surface area (Å²) in [5.41, 5.74) is 2.57. The van der Waals surface area contributed by atoms with E-state index in [1.165, 1.54) is 36.1 Å². The molecule has 0 saturated carbocycles. The van der Waals surface area contributed by atoms with Gasteiger partial charge in [0.25, 0.3) is 0 Å². The Kier molecular flexibility index (Phi) is 6.14. The highest BCUT2D eigenvalue weighted by Crippen LogP contribution is 2.29. The van der Waals surface area contributed by atoms with E-state index in [1.54, 1.807) is 29.5 Å². The third-order valence-corrected chi connectivity index (χ3v) is 8.53. The van der Waals surface area contributed by atoms with Crippen LogP contribution in [-0.4, -0.2) is 47.3 Å². The lowest BCUT2D eigenvalue weighted by Crippen LogP contribution is -2.22. The number of rotatable bonds is 6. The predicted octanol–water partition coefficient (Wildman–Crippen LogP) is 3.12. The molecule has 0 saturated heterocycles. The van der Waals surface area contributed by atoms with Gasteiger partial charge in [0.15, 0.2) is 5.13 Å². The Balaban J connectivity index is 1.45. The number of hydrogen-bond donors (Lipinski definition) is 1. The molecule has 0 bridgehead atoms. The number of hydrogen-bond acceptors (Lipinski definition) is 6. The van der Waals surface area contributed by atoms with Crippen molar-refractivity contribution in [1.82, 2.24) is 18.8 Å². The van der Waals surface area contributed by atoms with Crippen LogP contribution in [0.25, 0.3) is 11.0 Å². The van der Waals surface area contributed by atoms with Crippen LogP contribution in [-0.2, 0) is 41.1 Å². The highest BCUT2D eigenvalue weighted by atomic mass is 32.2. The van der Waals surface area contributed by atoms with E-state index in [4.69, 9.17) is 0 Å². The van der Waals surface area contributed by atoms with Gasteiger partial charge in [-0.2, -0.15) is 0 Å². The molecule has 1 aliphatic carbocycles. The summed E-state index contributed by atoms with van der Waals surface area (Å²) in [7, 11) is 1.36. The fraction of sp³-hybridized carbons (Fsp3) is 0.476. The van der Waals surface area contributed by atoms with Gasteiger partial charge in [-0.1, -0.05) is 6.42 Å². The number of benzene rings is 1. The van der Waals surface area contributed by atoms with Crippen LogP contribution in [0, 0.1) is 0 Å². The van der Waals surface area contributed by atoms with Crippen molar-refractivity contribution in [3.05, 3.63) is 34.6 Å². The average molecular weight is 462 g/mol. The number of aryl methyl sites for hydroxylation is 4. The number of carbonyl (C=O) groups excluding carboxylic acids is 1. The van der Waals surface area contributed by atoms with Crippen LogP contribution >= 0.6 is 11.3 Å². The van der Waals surface area contributed by atoms with Crippen LogP contribution in [0.4, 0.5) is 5.13 Å². The van der Waals surface area contributed by atoms with Gasteiger partial charge in [-0.05, 0) is 43.9 Å². The number of sulfonamides is 1. The fourth-order valence-corrected chi connectivity index (χ4v) is 5.80. The largest absolute Gasteiger partial charge is 0.331 e. The summed E-state index contributed by atoms with van der Waals surface area (Å²) in [6.07, 6.45) is 6.37. The minimum Gasteiger partial charge on any atom is -0.331 e. The molecular weight excluding hydrogens is 434 g/mol. The van der Waals surface area contributed by atoms with Crippen molar-refractivity contribution < 1.29 is 13.2 Å². The molecule has 1 aliphatic rings. The molecule has 8 nitrogen and oxygen atoms in total. The molecule has 31 heavy (non-hydrogen) atoms. The lowest BCUT2D eigenvalue weighted by Gasteiger charge is -2.10. The van der Waals surface area contributed by atoms with E-state index in [0.29, 0.717) is 17.1 Å². The van der Waals surface area contributed by atoms with Crippen molar-refractivity contribution in [2.75, 3.05) is 19.4 Å². The summed E-state index contributed by atoms with van der Waals surface area (Å²) >= 11 is 1.59. The molecule has 1 aromatic carbocycles. The van der Waals surface area contributed by atoms with Crippen molar-refractivity contribution >= 4 is 43.4 Å². The first-order chi connectivity index (χ1) is 14.8. The monoisotopic (exact) mass is 461 g/mol. The molecule has 10 heteroatoms. The summed E-state index contributed by atoms with van der Waals surface area (Å²) in [6, 6.07) is 4.92. The standard InChI is InChI=1S/C21H27N5O3S2/c1-25(2)31(28,29)14-9-10-17-16(13-14)22-19(26(17)3)11-12-20(27)24-21-23-15-7-5-4-6-8-18(15)30-21/h9-10,13H,4-8,11-12H2,1-3H3,(H,23,24,27). The Morgan fingerprint density at radius 2 is 1.97 bits per heavy atom. The van der Waals surface area contributed by atoms with Gasteiger partial charge in [-0.3, -0.25) is 4.79 Å². The zero-order valence-corrected chi connectivity index (χ0v) is 19.6. The molecule has 0 spiro atoms. The number of carbonyl (C=O) groups is 1. The first-order valence-corrected chi connectivity index (χ1v) is 12.7. The Hall–Kier alpha value is -2.30. The number of imidazole rings is 1. The molecule has 1 N–H and O–H groups in total. The zero-order valence-electron chi connectivity index (χ0n) is 18.0. The quantitative estimate of drug-likeness (QED) is 0.569. The van der Waals surface area contributed by atoms with Crippen LogP contribution in [0.1, 0.15) is 42.1 Å². The van der Waals surface area contributed by atoms with Crippen LogP contribution in [0.3, 0.4) is 0 Å². The first-order valence-electron chi connectivity index (χ1n) is 10.4. The molecule has 0 radical (unpaired) electrons. The second-order valence-corrected chi connectivity index (χ2v) is 11.3. The predicted molar refractivity (Wildman–Crippen MR) is 122 cm³/mol. The molecule has 166 valence electrons. The second kappa shape index (κ2) is 8.68. The third kappa shape index (κ3) is 4.51. The molecular formula is C21H27N5O3S2. The number of amides is 1.